The normalized spacial score (nSPS) is 13.3. The maximum Gasteiger partial charge on any atom is 0.283 e. The number of hydrogen-bond acceptors (Lipinski definition) is 5. The molecule has 2 N–H and O–H groups in total. The molecule has 0 saturated carbocycles. The van der Waals surface area contributed by atoms with E-state index in [1.807, 2.05) is 30.3 Å². The van der Waals surface area contributed by atoms with Crippen LogP contribution in [0.15, 0.2) is 89.6 Å². The molecule has 34 heavy (non-hydrogen) atoms. The Bertz CT molecular complexity index is 1260. The van der Waals surface area contributed by atoms with E-state index in [0.717, 1.165) is 10.5 Å². The van der Waals surface area contributed by atoms with E-state index in [-0.39, 0.29) is 16.6 Å². The molecule has 3 aromatic rings. The second-order valence-corrected chi connectivity index (χ2v) is 7.91. The van der Waals surface area contributed by atoms with Crippen LogP contribution in [-0.2, 0) is 16.0 Å². The van der Waals surface area contributed by atoms with Crippen LogP contribution in [0.5, 0.6) is 5.75 Å². The van der Waals surface area contributed by atoms with Crippen molar-refractivity contribution in [3.05, 3.63) is 101 Å². The SMILES string of the molecule is COc1ccc(N2C(=O)C(Cl)=C(Nc3cccc(C(=O)NCCc4ccccc4)c3)C2=O)cc1. The molecule has 3 amide bonds. The fourth-order valence-corrected chi connectivity index (χ4v) is 3.74. The number of carbonyl (C=O) groups is 3. The fraction of sp³-hybridized carbons (Fsp3) is 0.115. The van der Waals surface area contributed by atoms with E-state index < -0.39 is 11.8 Å². The van der Waals surface area contributed by atoms with Gasteiger partial charge in [-0.2, -0.15) is 0 Å². The monoisotopic (exact) mass is 475 g/mol. The zero-order valence-electron chi connectivity index (χ0n) is 18.4. The highest BCUT2D eigenvalue weighted by Gasteiger charge is 2.39. The Morgan fingerprint density at radius 1 is 0.941 bits per heavy atom. The first-order valence-corrected chi connectivity index (χ1v) is 11.0. The van der Waals surface area contributed by atoms with Gasteiger partial charge in [-0.1, -0.05) is 48.0 Å². The molecule has 1 aliphatic rings. The predicted molar refractivity (Wildman–Crippen MR) is 131 cm³/mol. The van der Waals surface area contributed by atoms with Crippen LogP contribution >= 0.6 is 11.6 Å². The van der Waals surface area contributed by atoms with Gasteiger partial charge < -0.3 is 15.4 Å². The molecule has 0 aromatic heterocycles. The van der Waals surface area contributed by atoms with Crippen LogP contribution in [0.25, 0.3) is 0 Å². The number of amides is 3. The summed E-state index contributed by atoms with van der Waals surface area (Å²) in [6.07, 6.45) is 0.713. The van der Waals surface area contributed by atoms with Crippen molar-refractivity contribution in [2.45, 2.75) is 6.42 Å². The van der Waals surface area contributed by atoms with E-state index in [2.05, 4.69) is 10.6 Å². The largest absolute Gasteiger partial charge is 0.497 e. The minimum absolute atomic E-state index is 0.0517. The average molecular weight is 476 g/mol. The lowest BCUT2D eigenvalue weighted by Crippen LogP contribution is -2.32. The summed E-state index contributed by atoms with van der Waals surface area (Å²) in [4.78, 5) is 39.2. The van der Waals surface area contributed by atoms with Gasteiger partial charge in [0.2, 0.25) is 0 Å². The van der Waals surface area contributed by atoms with Gasteiger partial charge in [0.1, 0.15) is 16.5 Å². The van der Waals surface area contributed by atoms with Crippen molar-refractivity contribution in [2.75, 3.05) is 23.9 Å². The molecule has 0 fully saturated rings. The number of anilines is 2. The van der Waals surface area contributed by atoms with Gasteiger partial charge in [-0.05, 0) is 54.4 Å². The molecule has 4 rings (SSSR count). The summed E-state index contributed by atoms with van der Waals surface area (Å²) in [6.45, 7) is 0.487. The van der Waals surface area contributed by atoms with Crippen molar-refractivity contribution < 1.29 is 19.1 Å². The number of carbonyl (C=O) groups excluding carboxylic acids is 3. The summed E-state index contributed by atoms with van der Waals surface area (Å²) < 4.78 is 5.11. The molecule has 0 aliphatic carbocycles. The highest BCUT2D eigenvalue weighted by molar-refractivity contribution is 6.53. The summed E-state index contributed by atoms with van der Waals surface area (Å²) in [5, 5.41) is 5.56. The number of nitrogens with one attached hydrogen (secondary N) is 2. The van der Waals surface area contributed by atoms with Crippen LogP contribution in [0.1, 0.15) is 15.9 Å². The van der Waals surface area contributed by atoms with E-state index in [1.165, 1.54) is 7.11 Å². The number of methoxy groups -OCH3 is 1. The van der Waals surface area contributed by atoms with Crippen molar-refractivity contribution >= 4 is 40.7 Å². The number of nitrogens with zero attached hydrogens (tertiary/aromatic N) is 1. The lowest BCUT2D eigenvalue weighted by molar-refractivity contribution is -0.120. The molecule has 0 saturated heterocycles. The van der Waals surface area contributed by atoms with Crippen molar-refractivity contribution in [2.24, 2.45) is 0 Å². The highest BCUT2D eigenvalue weighted by Crippen LogP contribution is 2.31. The van der Waals surface area contributed by atoms with Crippen LogP contribution in [0.2, 0.25) is 0 Å². The first-order chi connectivity index (χ1) is 16.5. The Hall–Kier alpha value is -4.10. The zero-order chi connectivity index (χ0) is 24.1. The molecule has 0 spiro atoms. The minimum atomic E-state index is -0.630. The molecule has 172 valence electrons. The van der Waals surface area contributed by atoms with Crippen LogP contribution < -0.4 is 20.3 Å². The molecule has 0 unspecified atom stereocenters. The maximum absolute atomic E-state index is 13.0. The topological polar surface area (TPSA) is 87.7 Å². The molecular formula is C26H22ClN3O4. The number of rotatable bonds is 8. The fourth-order valence-electron chi connectivity index (χ4n) is 3.53. The lowest BCUT2D eigenvalue weighted by Gasteiger charge is -2.15. The number of halogens is 1. The smallest absolute Gasteiger partial charge is 0.283 e. The zero-order valence-corrected chi connectivity index (χ0v) is 19.1. The number of ether oxygens (including phenoxy) is 1. The minimum Gasteiger partial charge on any atom is -0.497 e. The maximum atomic E-state index is 13.0. The Balaban J connectivity index is 1.43. The summed E-state index contributed by atoms with van der Waals surface area (Å²) in [6, 6.07) is 23.0. The summed E-state index contributed by atoms with van der Waals surface area (Å²) >= 11 is 6.21. The van der Waals surface area contributed by atoms with Gasteiger partial charge in [-0.25, -0.2) is 4.90 Å². The first kappa shape index (κ1) is 23.1. The van der Waals surface area contributed by atoms with Crippen molar-refractivity contribution in [3.8, 4) is 5.75 Å². The molecule has 8 heteroatoms. The molecule has 0 radical (unpaired) electrons. The van der Waals surface area contributed by atoms with E-state index in [4.69, 9.17) is 16.3 Å². The molecule has 0 atom stereocenters. The van der Waals surface area contributed by atoms with Crippen molar-refractivity contribution in [1.82, 2.24) is 5.32 Å². The quantitative estimate of drug-likeness (QED) is 0.479. The van der Waals surface area contributed by atoms with Gasteiger partial charge in [0.25, 0.3) is 17.7 Å². The van der Waals surface area contributed by atoms with Crippen LogP contribution in [0.3, 0.4) is 0 Å². The van der Waals surface area contributed by atoms with Gasteiger partial charge in [-0.15, -0.1) is 0 Å². The summed E-state index contributed by atoms with van der Waals surface area (Å²) in [5.74, 6) is -0.862. The highest BCUT2D eigenvalue weighted by atomic mass is 35.5. The van der Waals surface area contributed by atoms with Crippen molar-refractivity contribution in [1.29, 1.82) is 0 Å². The van der Waals surface area contributed by atoms with Crippen LogP contribution in [0, 0.1) is 0 Å². The summed E-state index contributed by atoms with van der Waals surface area (Å²) in [7, 11) is 1.53. The van der Waals surface area contributed by atoms with E-state index in [0.29, 0.717) is 35.7 Å². The Kier molecular flexibility index (Phi) is 6.94. The third-order valence-electron chi connectivity index (χ3n) is 5.29. The number of imide groups is 1. The van der Waals surface area contributed by atoms with Gasteiger partial charge in [-0.3, -0.25) is 14.4 Å². The Morgan fingerprint density at radius 2 is 1.68 bits per heavy atom. The number of hydrogen-bond donors (Lipinski definition) is 2. The Morgan fingerprint density at radius 3 is 2.38 bits per heavy atom. The Labute approximate surface area is 202 Å². The standard InChI is InChI=1S/C26H22ClN3O4/c1-34-21-12-10-20(11-13-21)30-25(32)22(27)23(26(30)33)29-19-9-5-8-18(16-19)24(31)28-15-14-17-6-3-2-4-7-17/h2-13,16,29H,14-15H2,1H3,(H,28,31). The molecule has 0 bridgehead atoms. The predicted octanol–water partition coefficient (Wildman–Crippen LogP) is 4.10. The second kappa shape index (κ2) is 10.2. The average Bonchev–Trinajstić information content (AvgIpc) is 3.08. The third kappa shape index (κ3) is 4.94. The molecule has 7 nitrogen and oxygen atoms in total. The molecule has 1 heterocycles. The van der Waals surface area contributed by atoms with Crippen LogP contribution in [-0.4, -0.2) is 31.4 Å². The lowest BCUT2D eigenvalue weighted by atomic mass is 10.1. The summed E-state index contributed by atoms with van der Waals surface area (Å²) in [5.41, 5.74) is 2.33. The number of benzene rings is 3. The van der Waals surface area contributed by atoms with E-state index in [9.17, 15) is 14.4 Å². The molecular weight excluding hydrogens is 454 g/mol. The van der Waals surface area contributed by atoms with Gasteiger partial charge in [0.15, 0.2) is 0 Å². The van der Waals surface area contributed by atoms with Crippen LogP contribution in [0.4, 0.5) is 11.4 Å². The first-order valence-electron chi connectivity index (χ1n) is 10.6. The van der Waals surface area contributed by atoms with Crippen molar-refractivity contribution in [3.63, 3.8) is 0 Å². The van der Waals surface area contributed by atoms with Gasteiger partial charge >= 0.3 is 0 Å². The van der Waals surface area contributed by atoms with Gasteiger partial charge in [0.05, 0.1) is 12.8 Å². The molecule has 3 aromatic carbocycles. The van der Waals surface area contributed by atoms with E-state index in [1.54, 1.807) is 48.5 Å². The second-order valence-electron chi connectivity index (χ2n) is 7.53. The van der Waals surface area contributed by atoms with Gasteiger partial charge in [0, 0.05) is 17.8 Å². The molecule has 1 aliphatic heterocycles. The third-order valence-corrected chi connectivity index (χ3v) is 5.64. The van der Waals surface area contributed by atoms with E-state index >= 15 is 0 Å².